The van der Waals surface area contributed by atoms with Gasteiger partial charge in [0.05, 0.1) is 18.3 Å². The number of aromatic nitrogens is 2. The minimum absolute atomic E-state index is 0.0105. The normalized spacial score (nSPS) is 20.6. The summed E-state index contributed by atoms with van der Waals surface area (Å²) in [5.74, 6) is -2.83. The van der Waals surface area contributed by atoms with Crippen LogP contribution in [0, 0.1) is 11.7 Å². The van der Waals surface area contributed by atoms with Crippen LogP contribution in [0.25, 0.3) is 0 Å². The summed E-state index contributed by atoms with van der Waals surface area (Å²) in [6.07, 6.45) is -4.53. The molecule has 2 fully saturated rings. The molecule has 43 heavy (non-hydrogen) atoms. The lowest BCUT2D eigenvalue weighted by Gasteiger charge is -2.31. The molecular formula is C28H32F6N6O3. The Morgan fingerprint density at radius 1 is 1.09 bits per heavy atom. The molecule has 0 bridgehead atoms. The van der Waals surface area contributed by atoms with Crippen LogP contribution in [0.1, 0.15) is 74.6 Å². The maximum Gasteiger partial charge on any atom is 0.410 e. The first-order valence-corrected chi connectivity index (χ1v) is 13.8. The van der Waals surface area contributed by atoms with Crippen molar-refractivity contribution in [3.8, 4) is 0 Å². The molecular weight excluding hydrogens is 582 g/mol. The second-order valence-corrected chi connectivity index (χ2v) is 11.0. The van der Waals surface area contributed by atoms with Gasteiger partial charge < -0.3 is 20.9 Å². The molecule has 2 heterocycles. The van der Waals surface area contributed by atoms with Crippen molar-refractivity contribution in [1.82, 2.24) is 25.3 Å². The van der Waals surface area contributed by atoms with Gasteiger partial charge in [0, 0.05) is 12.2 Å². The molecule has 234 valence electrons. The Balaban J connectivity index is 1.52. The van der Waals surface area contributed by atoms with E-state index in [2.05, 4.69) is 15.7 Å². The highest BCUT2D eigenvalue weighted by molar-refractivity contribution is 6.00. The van der Waals surface area contributed by atoms with E-state index < -0.39 is 66.5 Å². The molecule has 2 aromatic rings. The van der Waals surface area contributed by atoms with Gasteiger partial charge in [-0.15, -0.1) is 0 Å². The van der Waals surface area contributed by atoms with Crippen molar-refractivity contribution in [2.75, 3.05) is 11.9 Å². The predicted octanol–water partition coefficient (Wildman–Crippen LogP) is 5.70. The summed E-state index contributed by atoms with van der Waals surface area (Å²) in [5, 5.41) is 11.1. The van der Waals surface area contributed by atoms with Gasteiger partial charge in [0.1, 0.15) is 23.6 Å². The van der Waals surface area contributed by atoms with Crippen LogP contribution in [-0.4, -0.2) is 57.3 Å². The van der Waals surface area contributed by atoms with Gasteiger partial charge in [-0.1, -0.05) is 6.07 Å². The van der Waals surface area contributed by atoms with E-state index >= 15 is 4.39 Å². The standard InChI is InChI=1S/C28H32F6N6O3/c1-14(2)40-21(10-11-35-40)25(41)38-23(16-4-6-17(7-5-16)24(30)31)26(42)36-20-9-8-18(12-19(20)29)15(3)39-13-22(28(32,33)34)37-27(39)43/h8-12,14-16,22-23H,4-7,13H2,1-3H3,(H,36,42)(H,37,43)(H,38,41)/t15-,22-,23+/m0/s1. The van der Waals surface area contributed by atoms with Crippen LogP contribution in [0.3, 0.4) is 0 Å². The van der Waals surface area contributed by atoms with Crippen molar-refractivity contribution in [2.24, 2.45) is 5.92 Å². The third-order valence-corrected chi connectivity index (χ3v) is 7.87. The van der Waals surface area contributed by atoms with Crippen molar-refractivity contribution < 1.29 is 40.7 Å². The van der Waals surface area contributed by atoms with Crippen molar-refractivity contribution in [3.63, 3.8) is 0 Å². The molecule has 0 unspecified atom stereocenters. The highest BCUT2D eigenvalue weighted by atomic mass is 19.4. The lowest BCUT2D eigenvalue weighted by atomic mass is 9.81. The Morgan fingerprint density at radius 3 is 2.33 bits per heavy atom. The third kappa shape index (κ3) is 7.13. The summed E-state index contributed by atoms with van der Waals surface area (Å²) in [4.78, 5) is 39.7. The molecule has 4 rings (SSSR count). The van der Waals surface area contributed by atoms with Gasteiger partial charge in [-0.05, 0) is 81.7 Å². The summed E-state index contributed by atoms with van der Waals surface area (Å²) < 4.78 is 82.1. The van der Waals surface area contributed by atoms with E-state index in [0.29, 0.717) is 0 Å². The summed E-state index contributed by atoms with van der Waals surface area (Å²) in [7, 11) is 0. The van der Waals surface area contributed by atoms with E-state index in [-0.39, 0.29) is 54.2 Å². The van der Waals surface area contributed by atoms with E-state index in [0.717, 1.165) is 11.0 Å². The first-order valence-electron chi connectivity index (χ1n) is 13.8. The van der Waals surface area contributed by atoms with E-state index in [4.69, 9.17) is 0 Å². The molecule has 0 spiro atoms. The van der Waals surface area contributed by atoms with Crippen LogP contribution < -0.4 is 16.0 Å². The number of nitrogens with one attached hydrogen (secondary N) is 3. The Hall–Kier alpha value is -4.04. The second-order valence-electron chi connectivity index (χ2n) is 11.0. The van der Waals surface area contributed by atoms with Gasteiger partial charge in [0.15, 0.2) is 0 Å². The van der Waals surface area contributed by atoms with Crippen LogP contribution in [-0.2, 0) is 4.79 Å². The smallest absolute Gasteiger partial charge is 0.339 e. The number of hydrogen-bond acceptors (Lipinski definition) is 4. The molecule has 3 N–H and O–H groups in total. The molecule has 1 aliphatic carbocycles. The zero-order valence-corrected chi connectivity index (χ0v) is 23.6. The van der Waals surface area contributed by atoms with Gasteiger partial charge in [-0.3, -0.25) is 14.3 Å². The van der Waals surface area contributed by atoms with Gasteiger partial charge in [-0.2, -0.15) is 27.1 Å². The molecule has 1 saturated carbocycles. The zero-order valence-electron chi connectivity index (χ0n) is 23.6. The fraction of sp³-hybridized carbons (Fsp3) is 0.500. The average molecular weight is 615 g/mol. The van der Waals surface area contributed by atoms with Crippen molar-refractivity contribution in [3.05, 3.63) is 59.2 Å². The fourth-order valence-corrected chi connectivity index (χ4v) is 5.39. The van der Waals surface area contributed by atoms with Crippen molar-refractivity contribution >= 4 is 23.5 Å². The number of urea groups is 1. The maximum absolute atomic E-state index is 15.2. The number of carbonyl (C=O) groups is 3. The number of amides is 4. The highest BCUT2D eigenvalue weighted by Crippen LogP contribution is 2.34. The van der Waals surface area contributed by atoms with E-state index in [1.807, 2.05) is 19.2 Å². The molecule has 2 aliphatic rings. The summed E-state index contributed by atoms with van der Waals surface area (Å²) in [5.41, 5.74) is 0.101. The molecule has 3 atom stereocenters. The number of nitrogens with zero attached hydrogens (tertiary/aromatic N) is 3. The molecule has 1 aliphatic heterocycles. The quantitative estimate of drug-likeness (QED) is 0.332. The lowest BCUT2D eigenvalue weighted by Crippen LogP contribution is -2.49. The summed E-state index contributed by atoms with van der Waals surface area (Å²) in [6.45, 7) is 4.43. The topological polar surface area (TPSA) is 108 Å². The molecule has 9 nitrogen and oxygen atoms in total. The Labute approximate surface area is 243 Å². The van der Waals surface area contributed by atoms with Crippen LogP contribution in [0.15, 0.2) is 42.1 Å². The minimum atomic E-state index is -4.64. The maximum atomic E-state index is 15.2. The van der Waals surface area contributed by atoms with Crippen LogP contribution in [0.2, 0.25) is 0 Å². The first kappa shape index (κ1) is 31.9. The Morgan fingerprint density at radius 2 is 1.77 bits per heavy atom. The van der Waals surface area contributed by atoms with Crippen LogP contribution >= 0.6 is 0 Å². The Bertz CT molecular complexity index is 1390. The zero-order chi connectivity index (χ0) is 31.6. The van der Waals surface area contributed by atoms with E-state index in [9.17, 15) is 36.3 Å². The number of allylic oxidation sites excluding steroid dienone is 1. The monoisotopic (exact) mass is 614 g/mol. The summed E-state index contributed by atoms with van der Waals surface area (Å²) in [6, 6.07) is -0.212. The average Bonchev–Trinajstić information content (AvgIpc) is 3.60. The molecule has 1 aromatic carbocycles. The number of rotatable bonds is 8. The Kier molecular flexibility index (Phi) is 9.40. The van der Waals surface area contributed by atoms with E-state index in [1.165, 1.54) is 36.0 Å². The summed E-state index contributed by atoms with van der Waals surface area (Å²) >= 11 is 0. The highest BCUT2D eigenvalue weighted by Gasteiger charge is 2.48. The molecule has 1 aromatic heterocycles. The van der Waals surface area contributed by atoms with Gasteiger partial charge >= 0.3 is 12.2 Å². The second kappa shape index (κ2) is 12.7. The van der Waals surface area contributed by atoms with Crippen molar-refractivity contribution in [2.45, 2.75) is 76.8 Å². The minimum Gasteiger partial charge on any atom is -0.339 e. The predicted molar refractivity (Wildman–Crippen MR) is 144 cm³/mol. The SMILES string of the molecule is CC(C)n1nccc1C(=O)N[C@@H](C(=O)Nc1ccc([C@H](C)N2C[C@@H](C(F)(F)F)NC2=O)cc1F)C1CCC(=C(F)F)CC1. The first-order chi connectivity index (χ1) is 20.2. The largest absolute Gasteiger partial charge is 0.410 e. The van der Waals surface area contributed by atoms with E-state index in [1.54, 1.807) is 0 Å². The van der Waals surface area contributed by atoms with Gasteiger partial charge in [0.2, 0.25) is 5.91 Å². The molecule has 0 radical (unpaired) electrons. The molecule has 1 saturated heterocycles. The number of anilines is 1. The molecule has 15 heteroatoms. The number of halogens is 6. The van der Waals surface area contributed by atoms with Gasteiger partial charge in [0.25, 0.3) is 12.0 Å². The number of alkyl halides is 3. The van der Waals surface area contributed by atoms with Crippen LogP contribution in [0.5, 0.6) is 0 Å². The third-order valence-electron chi connectivity index (χ3n) is 7.87. The van der Waals surface area contributed by atoms with Crippen LogP contribution in [0.4, 0.5) is 36.8 Å². The van der Waals surface area contributed by atoms with Gasteiger partial charge in [-0.25, -0.2) is 9.18 Å². The van der Waals surface area contributed by atoms with Crippen molar-refractivity contribution in [1.29, 1.82) is 0 Å². The number of hydrogen-bond donors (Lipinski definition) is 3. The number of carbonyl (C=O) groups excluding carboxylic acids is 3. The fourth-order valence-electron chi connectivity index (χ4n) is 5.39. The number of benzene rings is 1. The molecule has 4 amide bonds. The lowest BCUT2D eigenvalue weighted by molar-refractivity contribution is -0.150.